The van der Waals surface area contributed by atoms with Crippen molar-refractivity contribution in [2.24, 2.45) is 11.5 Å². The van der Waals surface area contributed by atoms with Gasteiger partial charge in [0.05, 0.1) is 17.2 Å². The first kappa shape index (κ1) is 66.4. The lowest BCUT2D eigenvalue weighted by molar-refractivity contribution is -0.146. The number of fused-ring (bicyclic) bond motifs is 14. The number of aliphatic hydroxyl groups is 2. The van der Waals surface area contributed by atoms with E-state index in [0.717, 1.165) is 67.8 Å². The number of rotatable bonds is 8. The van der Waals surface area contributed by atoms with Crippen LogP contribution < -0.4 is 67.6 Å². The number of ether oxygens (including phenoxy) is 5. The molecule has 6 aliphatic heterocycles. The highest BCUT2D eigenvalue weighted by molar-refractivity contribution is 6.32. The predicted molar refractivity (Wildman–Crippen MR) is 336 cm³/mol. The molecule has 0 saturated carbocycles. The number of aromatic hydroxyl groups is 5. The monoisotopic (exact) mass is 1360 g/mol. The molecule has 0 aromatic heterocycles. The number of halogens is 2. The lowest BCUT2D eigenvalue weighted by Gasteiger charge is -2.31. The van der Waals surface area contributed by atoms with Gasteiger partial charge in [-0.25, -0.2) is 4.79 Å². The molecule has 1 unspecified atom stereocenters. The molecule has 6 aliphatic rings. The largest absolute Gasteiger partial charge is 0.508 e. The van der Waals surface area contributed by atoms with Crippen LogP contribution in [0.5, 0.6) is 69.0 Å². The van der Waals surface area contributed by atoms with Gasteiger partial charge in [0.2, 0.25) is 41.2 Å². The minimum Gasteiger partial charge on any atom is -0.508 e. The summed E-state index contributed by atoms with van der Waals surface area (Å²) >= 11 is 14.1. The molecule has 0 aliphatic carbocycles. The third-order valence-corrected chi connectivity index (χ3v) is 16.6. The molecule has 7 amide bonds. The van der Waals surface area contributed by atoms with Crippen LogP contribution in [0.2, 0.25) is 10.0 Å². The number of esters is 1. The molecular formula is C65H59Cl2N9O20. The van der Waals surface area contributed by atoms with Crippen molar-refractivity contribution in [1.29, 1.82) is 0 Å². The SMILES string of the molecule is COC(=O)[C@@H]1NC(=O)[C@H]2NC(=O)[C@H](NC(=O)[C@@H]3NC(=O)[C@H]4NC(=O)[C@@H](Cc5ccc(c(Cl)c5)Oc5cc3cc(c5OC(CCO)C(=O)NCCN)Oc3ccc(cc3Cl)[C@H]2O)NC(=O)[C@@H](N)c2ccc(O)c(c2)Oc2cc(O)cc4c2)c2ccc(O)c(c2)-c2c(O)cc(O)cc21. The molecule has 31 heteroatoms. The van der Waals surface area contributed by atoms with Gasteiger partial charge in [-0.1, -0.05) is 47.5 Å². The molecule has 6 heterocycles. The molecule has 0 saturated heterocycles. The van der Waals surface area contributed by atoms with Gasteiger partial charge in [-0.15, -0.1) is 0 Å². The number of nitrogens with one attached hydrogen (secondary N) is 7. The summed E-state index contributed by atoms with van der Waals surface area (Å²) in [5, 5.41) is 96.7. The van der Waals surface area contributed by atoms with Crippen LogP contribution in [0.4, 0.5) is 0 Å². The van der Waals surface area contributed by atoms with Crippen molar-refractivity contribution in [2.45, 2.75) is 67.3 Å². The van der Waals surface area contributed by atoms with E-state index < -0.39 is 172 Å². The molecule has 0 spiro atoms. The van der Waals surface area contributed by atoms with E-state index in [-0.39, 0.29) is 91.5 Å². The number of phenols is 5. The smallest absolute Gasteiger partial charge is 0.333 e. The summed E-state index contributed by atoms with van der Waals surface area (Å²) < 4.78 is 30.7. The Morgan fingerprint density at radius 3 is 1.88 bits per heavy atom. The summed E-state index contributed by atoms with van der Waals surface area (Å²) in [4.78, 5) is 119. The van der Waals surface area contributed by atoms with Crippen molar-refractivity contribution in [1.82, 2.24) is 37.2 Å². The lowest BCUT2D eigenvalue weighted by Crippen LogP contribution is -2.55. The maximum Gasteiger partial charge on any atom is 0.333 e. The van der Waals surface area contributed by atoms with Crippen LogP contribution >= 0.6 is 23.2 Å². The van der Waals surface area contributed by atoms with E-state index in [2.05, 4.69) is 37.2 Å². The fraction of sp³-hybridized carbons (Fsp3) is 0.231. The van der Waals surface area contributed by atoms with E-state index in [1.165, 1.54) is 54.6 Å². The van der Waals surface area contributed by atoms with E-state index in [9.17, 15) is 54.9 Å². The molecule has 498 valence electrons. The quantitative estimate of drug-likeness (QED) is 0.0967. The number of hydrogen-bond donors (Lipinski definition) is 16. The number of hydrogen-bond acceptors (Lipinski definition) is 22. The topological polar surface area (TPSA) is 461 Å². The third-order valence-electron chi connectivity index (χ3n) is 16.0. The highest BCUT2D eigenvalue weighted by Gasteiger charge is 2.42. The average Bonchev–Trinajstić information content (AvgIpc) is 0.774. The molecule has 9 atom stereocenters. The molecule has 0 fully saturated rings. The van der Waals surface area contributed by atoms with E-state index in [0.29, 0.717) is 0 Å². The van der Waals surface area contributed by atoms with E-state index in [4.69, 9.17) is 58.4 Å². The zero-order chi connectivity index (χ0) is 68.5. The normalized spacial score (nSPS) is 21.1. The summed E-state index contributed by atoms with van der Waals surface area (Å²) in [6, 6.07) is 8.37. The maximum atomic E-state index is 16.1. The number of phenolic OH excluding ortho intramolecular Hbond substituents is 5. The third kappa shape index (κ3) is 13.6. The summed E-state index contributed by atoms with van der Waals surface area (Å²) in [6.45, 7) is -0.731. The van der Waals surface area contributed by atoms with Crippen molar-refractivity contribution in [3.63, 3.8) is 0 Å². The first-order valence-corrected chi connectivity index (χ1v) is 30.1. The van der Waals surface area contributed by atoms with Crippen LogP contribution in [0, 0.1) is 0 Å². The Morgan fingerprint density at radius 2 is 1.21 bits per heavy atom. The number of benzene rings is 7. The predicted octanol–water partition coefficient (Wildman–Crippen LogP) is 3.57. The van der Waals surface area contributed by atoms with Crippen molar-refractivity contribution in [3.8, 4) is 80.1 Å². The second-order valence-corrected chi connectivity index (χ2v) is 23.3. The Bertz CT molecular complexity index is 4350. The van der Waals surface area contributed by atoms with Gasteiger partial charge in [0, 0.05) is 61.4 Å². The Balaban J connectivity index is 1.19. The number of methoxy groups -OCH3 is 1. The molecule has 7 aromatic rings. The van der Waals surface area contributed by atoms with E-state index >= 15 is 19.2 Å². The molecule has 13 rings (SSSR count). The van der Waals surface area contributed by atoms with Gasteiger partial charge in [-0.2, -0.15) is 0 Å². The number of carbonyl (C=O) groups excluding carboxylic acids is 8. The Kier molecular flexibility index (Phi) is 19.0. The van der Waals surface area contributed by atoms with Gasteiger partial charge >= 0.3 is 5.97 Å². The number of carbonyl (C=O) groups is 8. The minimum absolute atomic E-state index is 0.0229. The lowest BCUT2D eigenvalue weighted by atomic mass is 9.89. The average molecular weight is 1360 g/mol. The van der Waals surface area contributed by atoms with Crippen LogP contribution in [-0.4, -0.2) is 128 Å². The molecule has 18 N–H and O–H groups in total. The van der Waals surface area contributed by atoms with E-state index in [1.807, 2.05) is 0 Å². The van der Waals surface area contributed by atoms with Crippen LogP contribution in [0.15, 0.2) is 115 Å². The van der Waals surface area contributed by atoms with Crippen LogP contribution in [0.1, 0.15) is 81.7 Å². The summed E-state index contributed by atoms with van der Waals surface area (Å²) in [7, 11) is 0.955. The molecular weight excluding hydrogens is 1300 g/mol. The standard InChI is InChI=1S/C65H59Cl2N9O20/c1-92-65(91)54-36-24-33(79)25-42(82)49(36)35-18-28(4-6-40(35)80)51-61(87)76-55(64(90)75-54)56(83)29-5-9-44(38(67)19-29)95-48-22-31-21-47(57(48)96-45(10-13-77)59(85)70-12-11-68)94-43-8-2-26(14-37(43)66)15-39-58(84)72-52(62(88)74-53(31)63(89)73-51)30-16-32(78)23-34(17-30)93-46-20-27(3-7-41(46)81)50(69)60(86)71-39/h2-9,14,16-25,39,45,50-56,77-83H,10-13,15,68-69H2,1H3,(H,70,85)(H,71,86)(H,72,84)(H,73,89)(H,74,88)(H,75,90)(H,76,87)/t39-,45?,50+,51-,52+,53-,54-,55+,56-/m1/s1. The van der Waals surface area contributed by atoms with Gasteiger partial charge in [-0.05, 0) is 112 Å². The number of nitrogens with two attached hydrogens (primary N) is 2. The van der Waals surface area contributed by atoms with Crippen molar-refractivity contribution < 1.29 is 97.8 Å². The molecule has 29 nitrogen and oxygen atoms in total. The summed E-state index contributed by atoms with van der Waals surface area (Å²) in [6.07, 6.45) is -4.53. The highest BCUT2D eigenvalue weighted by Crippen LogP contribution is 2.49. The van der Waals surface area contributed by atoms with Gasteiger partial charge in [0.15, 0.2) is 35.1 Å². The van der Waals surface area contributed by atoms with E-state index in [1.54, 1.807) is 0 Å². The molecule has 17 bridgehead atoms. The Morgan fingerprint density at radius 1 is 0.604 bits per heavy atom. The van der Waals surface area contributed by atoms with Gasteiger partial charge < -0.3 is 108 Å². The second kappa shape index (κ2) is 27.5. The Hall–Kier alpha value is -11.1. The van der Waals surface area contributed by atoms with Gasteiger partial charge in [-0.3, -0.25) is 33.6 Å². The summed E-state index contributed by atoms with van der Waals surface area (Å²) in [5.41, 5.74) is 10.3. The zero-order valence-corrected chi connectivity index (χ0v) is 51.6. The number of amides is 7. The fourth-order valence-corrected chi connectivity index (χ4v) is 11.7. The Labute approximate surface area is 553 Å². The molecule has 96 heavy (non-hydrogen) atoms. The fourth-order valence-electron chi connectivity index (χ4n) is 11.3. The van der Waals surface area contributed by atoms with Gasteiger partial charge in [0.1, 0.15) is 82.6 Å². The highest BCUT2D eigenvalue weighted by atomic mass is 35.5. The van der Waals surface area contributed by atoms with Crippen LogP contribution in [0.25, 0.3) is 11.1 Å². The van der Waals surface area contributed by atoms with Crippen molar-refractivity contribution in [2.75, 3.05) is 26.8 Å². The van der Waals surface area contributed by atoms with Gasteiger partial charge in [0.25, 0.3) is 5.91 Å². The van der Waals surface area contributed by atoms with Crippen molar-refractivity contribution >= 4 is 70.5 Å². The second-order valence-electron chi connectivity index (χ2n) is 22.5. The zero-order valence-electron chi connectivity index (χ0n) is 50.0. The number of aliphatic hydroxyl groups excluding tert-OH is 2. The molecule has 7 aromatic carbocycles. The van der Waals surface area contributed by atoms with Crippen molar-refractivity contribution in [3.05, 3.63) is 164 Å². The first-order valence-electron chi connectivity index (χ1n) is 29.3. The molecule has 0 radical (unpaired) electrons. The van der Waals surface area contributed by atoms with Crippen LogP contribution in [-0.2, 0) is 49.5 Å². The maximum absolute atomic E-state index is 16.1. The van der Waals surface area contributed by atoms with Crippen LogP contribution in [0.3, 0.4) is 0 Å². The summed E-state index contributed by atoms with van der Waals surface area (Å²) in [5.74, 6) is -14.9. The first-order chi connectivity index (χ1) is 45.9. The minimum atomic E-state index is -2.25.